The molecule has 3 rings (SSSR count). The lowest BCUT2D eigenvalue weighted by atomic mass is 10.1. The molecular formula is C22H35IN4O2. The van der Waals surface area contributed by atoms with Gasteiger partial charge in [-0.3, -0.25) is 9.79 Å². The molecule has 1 atom stereocenters. The molecule has 29 heavy (non-hydrogen) atoms. The topological polar surface area (TPSA) is 57.2 Å². The molecule has 0 spiro atoms. The van der Waals surface area contributed by atoms with E-state index in [9.17, 15) is 4.79 Å². The Balaban J connectivity index is 0.00000300. The summed E-state index contributed by atoms with van der Waals surface area (Å²) in [5.41, 5.74) is 2.69. The molecule has 1 aromatic rings. The zero-order valence-electron chi connectivity index (χ0n) is 17.7. The minimum Gasteiger partial charge on any atom is -0.368 e. The molecule has 2 aliphatic rings. The van der Waals surface area contributed by atoms with E-state index >= 15 is 0 Å². The number of amides is 1. The number of carbonyl (C=O) groups is 1. The summed E-state index contributed by atoms with van der Waals surface area (Å²) < 4.78 is 5.55. The van der Waals surface area contributed by atoms with Crippen molar-refractivity contribution in [3.63, 3.8) is 0 Å². The van der Waals surface area contributed by atoms with E-state index in [1.54, 1.807) is 0 Å². The van der Waals surface area contributed by atoms with Crippen molar-refractivity contribution in [2.24, 2.45) is 4.99 Å². The number of halogens is 1. The summed E-state index contributed by atoms with van der Waals surface area (Å²) in [7, 11) is 0. The van der Waals surface area contributed by atoms with E-state index in [2.05, 4.69) is 48.3 Å². The summed E-state index contributed by atoms with van der Waals surface area (Å²) in [6.07, 6.45) is 3.66. The summed E-state index contributed by atoms with van der Waals surface area (Å²) in [6.45, 7) is 9.71. The van der Waals surface area contributed by atoms with Gasteiger partial charge in [0.25, 0.3) is 5.91 Å². The van der Waals surface area contributed by atoms with Gasteiger partial charge in [0.1, 0.15) is 6.10 Å². The summed E-state index contributed by atoms with van der Waals surface area (Å²) in [4.78, 5) is 21.6. The van der Waals surface area contributed by atoms with Crippen LogP contribution >= 0.6 is 24.0 Å². The van der Waals surface area contributed by atoms with Gasteiger partial charge in [-0.25, -0.2) is 0 Å². The van der Waals surface area contributed by atoms with Crippen LogP contribution in [0.2, 0.25) is 0 Å². The van der Waals surface area contributed by atoms with Gasteiger partial charge < -0.3 is 19.9 Å². The molecule has 0 saturated carbocycles. The van der Waals surface area contributed by atoms with Crippen molar-refractivity contribution in [2.45, 2.75) is 45.6 Å². The molecule has 2 fully saturated rings. The highest BCUT2D eigenvalue weighted by atomic mass is 127. The largest absolute Gasteiger partial charge is 0.368 e. The minimum atomic E-state index is -0.215. The van der Waals surface area contributed by atoms with E-state index in [0.717, 1.165) is 77.5 Å². The molecule has 0 aliphatic carbocycles. The van der Waals surface area contributed by atoms with Crippen LogP contribution in [0.3, 0.4) is 0 Å². The average Bonchev–Trinajstić information content (AvgIpc) is 3.28. The number of aryl methyl sites for hydroxylation is 1. The number of piperazine rings is 1. The van der Waals surface area contributed by atoms with Crippen molar-refractivity contribution in [1.29, 1.82) is 0 Å². The van der Waals surface area contributed by atoms with E-state index in [-0.39, 0.29) is 36.0 Å². The molecule has 0 aromatic heterocycles. The highest BCUT2D eigenvalue weighted by Gasteiger charge is 2.30. The van der Waals surface area contributed by atoms with Gasteiger partial charge in [0.05, 0.1) is 0 Å². The third-order valence-electron chi connectivity index (χ3n) is 5.52. The molecule has 2 heterocycles. The van der Waals surface area contributed by atoms with E-state index in [1.807, 2.05) is 4.90 Å². The van der Waals surface area contributed by atoms with E-state index < -0.39 is 0 Å². The Hall–Kier alpha value is -1.35. The summed E-state index contributed by atoms with van der Waals surface area (Å²) >= 11 is 0. The van der Waals surface area contributed by atoms with Gasteiger partial charge >= 0.3 is 0 Å². The first-order valence-electron chi connectivity index (χ1n) is 10.7. The van der Waals surface area contributed by atoms with Gasteiger partial charge in [0, 0.05) is 45.9 Å². The second-order valence-corrected chi connectivity index (χ2v) is 7.47. The van der Waals surface area contributed by atoms with Crippen LogP contribution in [0.4, 0.5) is 0 Å². The molecule has 2 aliphatic heterocycles. The number of nitrogens with one attached hydrogen (secondary N) is 1. The highest BCUT2D eigenvalue weighted by molar-refractivity contribution is 14.0. The van der Waals surface area contributed by atoms with Crippen molar-refractivity contribution < 1.29 is 9.53 Å². The molecule has 2 saturated heterocycles. The van der Waals surface area contributed by atoms with E-state index in [0.29, 0.717) is 0 Å². The van der Waals surface area contributed by atoms with Crippen molar-refractivity contribution in [1.82, 2.24) is 15.1 Å². The van der Waals surface area contributed by atoms with Crippen molar-refractivity contribution in [3.8, 4) is 0 Å². The predicted molar refractivity (Wildman–Crippen MR) is 128 cm³/mol. The fourth-order valence-electron chi connectivity index (χ4n) is 3.77. The summed E-state index contributed by atoms with van der Waals surface area (Å²) in [5, 5.41) is 3.40. The molecule has 0 bridgehead atoms. The van der Waals surface area contributed by atoms with Gasteiger partial charge in [-0.15, -0.1) is 24.0 Å². The number of carbonyl (C=O) groups excluding carboxylic acids is 1. The molecule has 6 nitrogen and oxygen atoms in total. The fraction of sp³-hybridized carbons (Fsp3) is 0.636. The lowest BCUT2D eigenvalue weighted by molar-refractivity contribution is -0.142. The maximum absolute atomic E-state index is 12.5. The van der Waals surface area contributed by atoms with Gasteiger partial charge in [0.2, 0.25) is 0 Å². The Morgan fingerprint density at radius 1 is 1.10 bits per heavy atom. The number of hydrogen-bond acceptors (Lipinski definition) is 3. The lowest BCUT2D eigenvalue weighted by Crippen LogP contribution is -2.55. The maximum atomic E-state index is 12.5. The summed E-state index contributed by atoms with van der Waals surface area (Å²) in [6, 6.07) is 8.82. The predicted octanol–water partition coefficient (Wildman–Crippen LogP) is 2.70. The molecule has 1 N–H and O–H groups in total. The summed E-state index contributed by atoms with van der Waals surface area (Å²) in [5.74, 6) is 1.12. The third-order valence-corrected chi connectivity index (χ3v) is 5.52. The second kappa shape index (κ2) is 12.4. The van der Waals surface area contributed by atoms with Gasteiger partial charge in [-0.1, -0.05) is 31.2 Å². The Kier molecular flexibility index (Phi) is 10.2. The number of aliphatic imine (C=N–C) groups is 1. The SMILES string of the molecule is CCNC(=NCCc1ccc(CC)cc1)N1CCN(C(=O)C2CCCO2)CC1.I. The smallest absolute Gasteiger partial charge is 0.251 e. The minimum absolute atomic E-state index is 0. The zero-order valence-corrected chi connectivity index (χ0v) is 20.1. The first-order valence-corrected chi connectivity index (χ1v) is 10.7. The molecular weight excluding hydrogens is 479 g/mol. The average molecular weight is 514 g/mol. The van der Waals surface area contributed by atoms with Crippen molar-refractivity contribution >= 4 is 35.8 Å². The molecule has 1 amide bonds. The fourth-order valence-corrected chi connectivity index (χ4v) is 3.77. The van der Waals surface area contributed by atoms with Crippen molar-refractivity contribution in [2.75, 3.05) is 45.9 Å². The Morgan fingerprint density at radius 2 is 1.76 bits per heavy atom. The van der Waals surface area contributed by atoms with Crippen LogP contribution in [0, 0.1) is 0 Å². The molecule has 1 aromatic carbocycles. The van der Waals surface area contributed by atoms with Crippen LogP contribution in [-0.2, 0) is 22.4 Å². The second-order valence-electron chi connectivity index (χ2n) is 7.47. The molecule has 1 unspecified atom stereocenters. The number of ether oxygens (including phenoxy) is 1. The first-order chi connectivity index (χ1) is 13.7. The molecule has 162 valence electrons. The Bertz CT molecular complexity index is 651. The van der Waals surface area contributed by atoms with E-state index in [4.69, 9.17) is 9.73 Å². The van der Waals surface area contributed by atoms with Crippen LogP contribution in [0.15, 0.2) is 29.3 Å². The van der Waals surface area contributed by atoms with Crippen LogP contribution in [0.1, 0.15) is 37.8 Å². The van der Waals surface area contributed by atoms with Crippen LogP contribution < -0.4 is 5.32 Å². The number of nitrogens with zero attached hydrogens (tertiary/aromatic N) is 3. The number of benzene rings is 1. The molecule has 7 heteroatoms. The van der Waals surface area contributed by atoms with Gasteiger partial charge in [-0.2, -0.15) is 0 Å². The highest BCUT2D eigenvalue weighted by Crippen LogP contribution is 2.16. The number of hydrogen-bond donors (Lipinski definition) is 1. The van der Waals surface area contributed by atoms with Crippen LogP contribution in [-0.4, -0.2) is 73.6 Å². The normalized spacial score (nSPS) is 19.8. The third kappa shape index (κ3) is 6.84. The Morgan fingerprint density at radius 3 is 2.34 bits per heavy atom. The van der Waals surface area contributed by atoms with Gasteiger partial charge in [0.15, 0.2) is 5.96 Å². The number of rotatable bonds is 6. The lowest BCUT2D eigenvalue weighted by Gasteiger charge is -2.37. The maximum Gasteiger partial charge on any atom is 0.251 e. The Labute approximate surface area is 192 Å². The standard InChI is InChI=1S/C22H34N4O2.HI/c1-3-18-7-9-19(10-8-18)11-12-24-22(23-4-2)26-15-13-25(14-16-26)21(27)20-6-5-17-28-20;/h7-10,20H,3-6,11-17H2,1-2H3,(H,23,24);1H. The van der Waals surface area contributed by atoms with E-state index in [1.165, 1.54) is 11.1 Å². The van der Waals surface area contributed by atoms with Crippen molar-refractivity contribution in [3.05, 3.63) is 35.4 Å². The quantitative estimate of drug-likeness (QED) is 0.361. The van der Waals surface area contributed by atoms with Gasteiger partial charge in [-0.05, 0) is 43.7 Å². The van der Waals surface area contributed by atoms with Crippen LogP contribution in [0.25, 0.3) is 0 Å². The number of guanidine groups is 1. The molecule has 0 radical (unpaired) electrons. The zero-order chi connectivity index (χ0) is 19.8. The monoisotopic (exact) mass is 514 g/mol. The van der Waals surface area contributed by atoms with Crippen LogP contribution in [0.5, 0.6) is 0 Å². The first kappa shape index (κ1) is 23.9.